The molecule has 160 valence electrons. The van der Waals surface area contributed by atoms with Crippen LogP contribution in [-0.2, 0) is 0 Å². The number of fused-ring (bicyclic) bond motifs is 1. The van der Waals surface area contributed by atoms with E-state index in [1.807, 2.05) is 45.9 Å². The van der Waals surface area contributed by atoms with E-state index in [0.717, 1.165) is 42.7 Å². The van der Waals surface area contributed by atoms with Crippen LogP contribution in [0.1, 0.15) is 40.0 Å². The van der Waals surface area contributed by atoms with E-state index in [-0.39, 0.29) is 11.8 Å². The SMILES string of the molecule is O=C(Nc1cccc(C(=O)N2CCCCC2)c1)c1ccc(-n2cnc3ccccc32)cc1. The number of para-hydroxylation sites is 2. The fraction of sp³-hybridized carbons (Fsp3) is 0.192. The number of hydrogen-bond donors (Lipinski definition) is 1. The zero-order valence-corrected chi connectivity index (χ0v) is 17.7. The lowest BCUT2D eigenvalue weighted by Crippen LogP contribution is -2.35. The number of anilines is 1. The molecule has 6 heteroatoms. The highest BCUT2D eigenvalue weighted by atomic mass is 16.2. The summed E-state index contributed by atoms with van der Waals surface area (Å²) in [6, 6.07) is 22.5. The lowest BCUT2D eigenvalue weighted by molar-refractivity contribution is 0.0724. The minimum atomic E-state index is -0.213. The van der Waals surface area contributed by atoms with Gasteiger partial charge < -0.3 is 10.2 Å². The summed E-state index contributed by atoms with van der Waals surface area (Å²) in [6.07, 6.45) is 5.06. The molecule has 2 amide bonds. The van der Waals surface area contributed by atoms with Gasteiger partial charge in [-0.2, -0.15) is 0 Å². The number of aromatic nitrogens is 2. The summed E-state index contributed by atoms with van der Waals surface area (Å²) in [7, 11) is 0. The Bertz CT molecular complexity index is 1270. The highest BCUT2D eigenvalue weighted by Crippen LogP contribution is 2.20. The predicted molar refractivity (Wildman–Crippen MR) is 125 cm³/mol. The maximum atomic E-state index is 12.8. The molecule has 1 saturated heterocycles. The lowest BCUT2D eigenvalue weighted by Gasteiger charge is -2.26. The maximum absolute atomic E-state index is 12.8. The number of nitrogens with one attached hydrogen (secondary N) is 1. The number of hydrogen-bond acceptors (Lipinski definition) is 3. The van der Waals surface area contributed by atoms with Crippen molar-refractivity contribution in [2.45, 2.75) is 19.3 Å². The Hall–Kier alpha value is -3.93. The van der Waals surface area contributed by atoms with Crippen LogP contribution in [0.15, 0.2) is 79.1 Å². The van der Waals surface area contributed by atoms with Gasteiger partial charge >= 0.3 is 0 Å². The van der Waals surface area contributed by atoms with E-state index < -0.39 is 0 Å². The smallest absolute Gasteiger partial charge is 0.255 e. The first-order chi connectivity index (χ1) is 15.7. The molecular weight excluding hydrogens is 400 g/mol. The summed E-state index contributed by atoms with van der Waals surface area (Å²) < 4.78 is 1.99. The highest BCUT2D eigenvalue weighted by Gasteiger charge is 2.18. The van der Waals surface area contributed by atoms with E-state index in [4.69, 9.17) is 0 Å². The molecule has 1 aromatic heterocycles. The third-order valence-electron chi connectivity index (χ3n) is 5.87. The Kier molecular flexibility index (Phi) is 5.42. The number of carbonyl (C=O) groups excluding carboxylic acids is 2. The zero-order chi connectivity index (χ0) is 21.9. The Morgan fingerprint density at radius 3 is 2.41 bits per heavy atom. The van der Waals surface area contributed by atoms with Crippen molar-refractivity contribution in [2.24, 2.45) is 0 Å². The van der Waals surface area contributed by atoms with Gasteiger partial charge in [-0.15, -0.1) is 0 Å². The van der Waals surface area contributed by atoms with Gasteiger partial charge in [0.05, 0.1) is 11.0 Å². The van der Waals surface area contributed by atoms with E-state index in [9.17, 15) is 9.59 Å². The Morgan fingerprint density at radius 1 is 0.812 bits per heavy atom. The predicted octanol–water partition coefficient (Wildman–Crippen LogP) is 4.90. The summed E-state index contributed by atoms with van der Waals surface area (Å²) in [5, 5.41) is 2.91. The first kappa shape index (κ1) is 20.0. The van der Waals surface area contributed by atoms with Gasteiger partial charge in [-0.1, -0.05) is 18.2 Å². The molecule has 1 fully saturated rings. The molecule has 1 N–H and O–H groups in total. The van der Waals surface area contributed by atoms with Crippen molar-refractivity contribution in [1.82, 2.24) is 14.5 Å². The molecule has 0 radical (unpaired) electrons. The van der Waals surface area contributed by atoms with Crippen molar-refractivity contribution >= 4 is 28.5 Å². The fourth-order valence-electron chi connectivity index (χ4n) is 4.15. The third kappa shape index (κ3) is 3.99. The van der Waals surface area contributed by atoms with Gasteiger partial charge in [0.1, 0.15) is 6.33 Å². The molecule has 6 nitrogen and oxygen atoms in total. The number of amides is 2. The minimum Gasteiger partial charge on any atom is -0.339 e. The molecule has 1 aliphatic rings. The third-order valence-corrected chi connectivity index (χ3v) is 5.87. The van der Waals surface area contributed by atoms with Crippen molar-refractivity contribution in [1.29, 1.82) is 0 Å². The average Bonchev–Trinajstić information content (AvgIpc) is 3.28. The van der Waals surface area contributed by atoms with Crippen molar-refractivity contribution in [2.75, 3.05) is 18.4 Å². The summed E-state index contributed by atoms with van der Waals surface area (Å²) >= 11 is 0. The quantitative estimate of drug-likeness (QED) is 0.506. The fourth-order valence-corrected chi connectivity index (χ4v) is 4.15. The molecular formula is C26H24N4O2. The summed E-state index contributed by atoms with van der Waals surface area (Å²) in [4.78, 5) is 31.8. The normalized spacial score (nSPS) is 13.8. The highest BCUT2D eigenvalue weighted by molar-refractivity contribution is 6.05. The molecule has 0 saturated carbocycles. The summed E-state index contributed by atoms with van der Waals surface area (Å²) in [5.41, 5.74) is 4.64. The van der Waals surface area contributed by atoms with Gasteiger partial charge in [0.15, 0.2) is 0 Å². The van der Waals surface area contributed by atoms with E-state index in [1.54, 1.807) is 42.7 Å². The zero-order valence-electron chi connectivity index (χ0n) is 17.7. The lowest BCUT2D eigenvalue weighted by atomic mass is 10.1. The van der Waals surface area contributed by atoms with Crippen molar-refractivity contribution in [3.63, 3.8) is 0 Å². The molecule has 0 aliphatic carbocycles. The molecule has 0 atom stereocenters. The van der Waals surface area contributed by atoms with Gasteiger partial charge in [0.25, 0.3) is 11.8 Å². The van der Waals surface area contributed by atoms with Gasteiger partial charge in [0, 0.05) is 35.6 Å². The van der Waals surface area contributed by atoms with Gasteiger partial charge in [0.2, 0.25) is 0 Å². The van der Waals surface area contributed by atoms with E-state index in [0.29, 0.717) is 16.8 Å². The number of rotatable bonds is 4. The van der Waals surface area contributed by atoms with Crippen molar-refractivity contribution in [3.05, 3.63) is 90.3 Å². The van der Waals surface area contributed by atoms with Gasteiger partial charge in [-0.05, 0) is 73.9 Å². The number of likely N-dealkylation sites (tertiary alicyclic amines) is 1. The number of piperidine rings is 1. The van der Waals surface area contributed by atoms with E-state index in [2.05, 4.69) is 10.3 Å². The molecule has 0 bridgehead atoms. The van der Waals surface area contributed by atoms with Crippen LogP contribution in [0.3, 0.4) is 0 Å². The average molecular weight is 425 g/mol. The largest absolute Gasteiger partial charge is 0.339 e. The molecule has 32 heavy (non-hydrogen) atoms. The molecule has 3 aromatic carbocycles. The van der Waals surface area contributed by atoms with Gasteiger partial charge in [-0.3, -0.25) is 14.2 Å². The van der Waals surface area contributed by atoms with Crippen molar-refractivity contribution in [3.8, 4) is 5.69 Å². The number of benzene rings is 3. The van der Waals surface area contributed by atoms with E-state index in [1.165, 1.54) is 6.42 Å². The first-order valence-electron chi connectivity index (χ1n) is 10.9. The first-order valence-corrected chi connectivity index (χ1v) is 10.9. The number of carbonyl (C=O) groups is 2. The molecule has 0 unspecified atom stereocenters. The second-order valence-corrected chi connectivity index (χ2v) is 8.04. The van der Waals surface area contributed by atoms with Crippen LogP contribution in [0.25, 0.3) is 16.7 Å². The molecule has 4 aromatic rings. The van der Waals surface area contributed by atoms with Crippen LogP contribution in [0.2, 0.25) is 0 Å². The van der Waals surface area contributed by atoms with Crippen LogP contribution in [0, 0.1) is 0 Å². The number of imidazole rings is 1. The van der Waals surface area contributed by atoms with Crippen LogP contribution in [-0.4, -0.2) is 39.4 Å². The molecule has 2 heterocycles. The minimum absolute atomic E-state index is 0.0257. The monoisotopic (exact) mass is 424 g/mol. The standard InChI is InChI=1S/C26H24N4O2/c31-25(28-21-8-6-7-20(17-21)26(32)29-15-4-1-5-16-29)19-11-13-22(14-12-19)30-18-27-23-9-2-3-10-24(23)30/h2-3,6-14,17-18H,1,4-5,15-16H2,(H,28,31). The van der Waals surface area contributed by atoms with Crippen LogP contribution in [0.4, 0.5) is 5.69 Å². The van der Waals surface area contributed by atoms with E-state index >= 15 is 0 Å². The summed E-state index contributed by atoms with van der Waals surface area (Å²) in [5.74, 6) is -0.188. The topological polar surface area (TPSA) is 67.2 Å². The Labute approximate surface area is 186 Å². The van der Waals surface area contributed by atoms with Crippen LogP contribution < -0.4 is 5.32 Å². The van der Waals surface area contributed by atoms with Crippen molar-refractivity contribution < 1.29 is 9.59 Å². The maximum Gasteiger partial charge on any atom is 0.255 e. The molecule has 0 spiro atoms. The summed E-state index contributed by atoms with van der Waals surface area (Å²) in [6.45, 7) is 1.60. The Morgan fingerprint density at radius 2 is 1.59 bits per heavy atom. The Balaban J connectivity index is 1.30. The molecule has 1 aliphatic heterocycles. The molecule has 5 rings (SSSR count). The second-order valence-electron chi connectivity index (χ2n) is 8.04. The van der Waals surface area contributed by atoms with Gasteiger partial charge in [-0.25, -0.2) is 4.98 Å². The second kappa shape index (κ2) is 8.67. The van der Waals surface area contributed by atoms with Crippen LogP contribution in [0.5, 0.6) is 0 Å². The number of nitrogens with zero attached hydrogens (tertiary/aromatic N) is 3. The van der Waals surface area contributed by atoms with Crippen LogP contribution >= 0.6 is 0 Å².